The molecule has 6 heteroatoms. The third-order valence-electron chi connectivity index (χ3n) is 3.99. The van der Waals surface area contributed by atoms with Crippen molar-refractivity contribution in [3.05, 3.63) is 66.2 Å². The maximum absolute atomic E-state index is 12.6. The molecule has 0 fully saturated rings. The number of hydrogen-bond donors (Lipinski definition) is 0. The summed E-state index contributed by atoms with van der Waals surface area (Å²) in [6.07, 6.45) is 7.30. The maximum Gasteiger partial charge on any atom is 0.247 e. The smallest absolute Gasteiger partial charge is 0.247 e. The van der Waals surface area contributed by atoms with Crippen LogP contribution in [0.1, 0.15) is 24.1 Å². The first-order chi connectivity index (χ1) is 11.5. The number of likely N-dealkylation sites (N-methyl/N-ethyl adjacent to an activating group) is 1. The Kier molecular flexibility index (Phi) is 4.46. The summed E-state index contributed by atoms with van der Waals surface area (Å²) < 4.78 is 3.51. The minimum Gasteiger partial charge on any atom is -0.340 e. The van der Waals surface area contributed by atoms with Crippen LogP contribution >= 0.6 is 0 Å². The van der Waals surface area contributed by atoms with Crippen molar-refractivity contribution < 1.29 is 4.79 Å². The number of aromatic nitrogens is 4. The summed E-state index contributed by atoms with van der Waals surface area (Å²) in [4.78, 5) is 14.3. The van der Waals surface area contributed by atoms with Crippen LogP contribution in [0.3, 0.4) is 0 Å². The molecule has 0 aliphatic carbocycles. The average molecular weight is 323 g/mol. The van der Waals surface area contributed by atoms with Crippen molar-refractivity contribution in [2.75, 3.05) is 7.05 Å². The highest BCUT2D eigenvalue weighted by Gasteiger charge is 2.19. The molecule has 0 aliphatic heterocycles. The molecule has 24 heavy (non-hydrogen) atoms. The molecular formula is C18H21N5O. The molecule has 1 atom stereocenters. The first-order valence-electron chi connectivity index (χ1n) is 7.89. The Bertz CT molecular complexity index is 804. The van der Waals surface area contributed by atoms with E-state index in [-0.39, 0.29) is 11.9 Å². The van der Waals surface area contributed by atoms with E-state index < -0.39 is 0 Å². The number of nitrogens with zero attached hydrogens (tertiary/aromatic N) is 5. The van der Waals surface area contributed by atoms with Crippen LogP contribution < -0.4 is 0 Å². The van der Waals surface area contributed by atoms with Gasteiger partial charge in [-0.2, -0.15) is 10.2 Å². The zero-order chi connectivity index (χ0) is 17.1. The van der Waals surface area contributed by atoms with Crippen LogP contribution in [0, 0.1) is 6.92 Å². The molecule has 1 amide bonds. The molecular weight excluding hydrogens is 302 g/mol. The van der Waals surface area contributed by atoms with Gasteiger partial charge in [0.15, 0.2) is 0 Å². The van der Waals surface area contributed by atoms with Gasteiger partial charge in [-0.15, -0.1) is 0 Å². The van der Waals surface area contributed by atoms with Crippen LogP contribution in [0.5, 0.6) is 0 Å². The molecule has 1 aromatic carbocycles. The van der Waals surface area contributed by atoms with E-state index in [1.165, 1.54) is 0 Å². The molecule has 0 spiro atoms. The summed E-state index contributed by atoms with van der Waals surface area (Å²) >= 11 is 0. The van der Waals surface area contributed by atoms with E-state index in [1.807, 2.05) is 63.6 Å². The van der Waals surface area contributed by atoms with Gasteiger partial charge >= 0.3 is 0 Å². The Morgan fingerprint density at radius 1 is 1.25 bits per heavy atom. The highest BCUT2D eigenvalue weighted by atomic mass is 16.2. The molecule has 0 saturated carbocycles. The lowest BCUT2D eigenvalue weighted by molar-refractivity contribution is -0.133. The van der Waals surface area contributed by atoms with Gasteiger partial charge in [0, 0.05) is 32.2 Å². The summed E-state index contributed by atoms with van der Waals surface area (Å²) in [5, 5.41) is 8.43. The molecule has 6 nitrogen and oxygen atoms in total. The first kappa shape index (κ1) is 16.0. The Hall–Kier alpha value is -2.89. The van der Waals surface area contributed by atoms with Gasteiger partial charge in [-0.25, -0.2) is 4.68 Å². The van der Waals surface area contributed by atoms with Crippen molar-refractivity contribution in [3.8, 4) is 5.69 Å². The Balaban J connectivity index is 1.65. The lowest BCUT2D eigenvalue weighted by atomic mass is 10.2. The third kappa shape index (κ3) is 3.37. The summed E-state index contributed by atoms with van der Waals surface area (Å²) in [5.41, 5.74) is 3.12. The molecule has 2 aromatic heterocycles. The van der Waals surface area contributed by atoms with E-state index in [1.54, 1.807) is 26.7 Å². The normalized spacial score (nSPS) is 12.1. The summed E-state index contributed by atoms with van der Waals surface area (Å²) in [6.45, 7) is 4.39. The minimum atomic E-state index is -0.313. The van der Waals surface area contributed by atoms with Gasteiger partial charge in [-0.05, 0) is 43.2 Å². The molecule has 0 bridgehead atoms. The van der Waals surface area contributed by atoms with Crippen molar-refractivity contribution in [2.24, 2.45) is 0 Å². The predicted molar refractivity (Wildman–Crippen MR) is 91.7 cm³/mol. The molecule has 2 heterocycles. The van der Waals surface area contributed by atoms with E-state index >= 15 is 0 Å². The first-order valence-corrected chi connectivity index (χ1v) is 7.89. The van der Waals surface area contributed by atoms with Gasteiger partial charge in [0.1, 0.15) is 6.04 Å². The fraction of sp³-hybridized carbons (Fsp3) is 0.278. The second-order valence-electron chi connectivity index (χ2n) is 5.99. The van der Waals surface area contributed by atoms with E-state index in [0.717, 1.165) is 16.8 Å². The van der Waals surface area contributed by atoms with Gasteiger partial charge in [0.2, 0.25) is 5.91 Å². The Labute approximate surface area is 141 Å². The number of hydrogen-bond acceptors (Lipinski definition) is 3. The Morgan fingerprint density at radius 3 is 2.58 bits per heavy atom. The number of rotatable bonds is 5. The van der Waals surface area contributed by atoms with E-state index in [9.17, 15) is 4.79 Å². The highest BCUT2D eigenvalue weighted by Crippen LogP contribution is 2.14. The van der Waals surface area contributed by atoms with Gasteiger partial charge < -0.3 is 4.90 Å². The largest absolute Gasteiger partial charge is 0.340 e. The predicted octanol–water partition coefficient (Wildman–Crippen LogP) is 2.60. The van der Waals surface area contributed by atoms with Gasteiger partial charge in [0.25, 0.3) is 0 Å². The van der Waals surface area contributed by atoms with Crippen molar-refractivity contribution >= 4 is 5.91 Å². The Morgan fingerprint density at radius 2 is 2.00 bits per heavy atom. The van der Waals surface area contributed by atoms with Gasteiger partial charge in [-0.1, -0.05) is 12.1 Å². The lowest BCUT2D eigenvalue weighted by Crippen LogP contribution is -2.33. The van der Waals surface area contributed by atoms with Gasteiger partial charge in [0.05, 0.1) is 11.9 Å². The topological polar surface area (TPSA) is 56.0 Å². The summed E-state index contributed by atoms with van der Waals surface area (Å²) in [7, 11) is 1.82. The van der Waals surface area contributed by atoms with Crippen LogP contribution in [0.15, 0.2) is 55.1 Å². The zero-order valence-corrected chi connectivity index (χ0v) is 14.1. The standard InChI is InChI=1S/C18H21N5O/c1-14-11-20-23(12-14)15(2)18(24)21(3)13-16-5-7-17(8-6-16)22-10-4-9-19-22/h4-12,15H,13H2,1-3H3/t15-/m1/s1. The van der Waals surface area contributed by atoms with Crippen LogP contribution in [-0.4, -0.2) is 37.4 Å². The van der Waals surface area contributed by atoms with Crippen LogP contribution in [-0.2, 0) is 11.3 Å². The second kappa shape index (κ2) is 6.70. The molecule has 0 unspecified atom stereocenters. The quantitative estimate of drug-likeness (QED) is 0.725. The number of amides is 1. The summed E-state index contributed by atoms with van der Waals surface area (Å²) in [6, 6.07) is 9.61. The van der Waals surface area contributed by atoms with Crippen molar-refractivity contribution in [1.82, 2.24) is 24.5 Å². The molecule has 3 rings (SSSR count). The van der Waals surface area contributed by atoms with E-state index in [4.69, 9.17) is 0 Å². The van der Waals surface area contributed by atoms with Crippen LogP contribution in [0.2, 0.25) is 0 Å². The molecule has 0 saturated heterocycles. The molecule has 0 aliphatic rings. The molecule has 0 N–H and O–H groups in total. The fourth-order valence-electron chi connectivity index (χ4n) is 2.60. The highest BCUT2D eigenvalue weighted by molar-refractivity contribution is 5.79. The van der Waals surface area contributed by atoms with Crippen molar-refractivity contribution in [1.29, 1.82) is 0 Å². The third-order valence-corrected chi connectivity index (χ3v) is 3.99. The van der Waals surface area contributed by atoms with Crippen LogP contribution in [0.4, 0.5) is 0 Å². The monoisotopic (exact) mass is 323 g/mol. The van der Waals surface area contributed by atoms with E-state index in [0.29, 0.717) is 6.54 Å². The van der Waals surface area contributed by atoms with Crippen molar-refractivity contribution in [2.45, 2.75) is 26.4 Å². The second-order valence-corrected chi connectivity index (χ2v) is 5.99. The molecule has 0 radical (unpaired) electrons. The average Bonchev–Trinajstić information content (AvgIpc) is 3.26. The molecule has 124 valence electrons. The zero-order valence-electron chi connectivity index (χ0n) is 14.1. The fourth-order valence-corrected chi connectivity index (χ4v) is 2.60. The maximum atomic E-state index is 12.6. The SMILES string of the molecule is Cc1cnn([C@H](C)C(=O)N(C)Cc2ccc(-n3cccn3)cc2)c1. The lowest BCUT2D eigenvalue weighted by Gasteiger charge is -2.22. The number of carbonyl (C=O) groups excluding carboxylic acids is 1. The summed E-state index contributed by atoms with van der Waals surface area (Å²) in [5.74, 6) is 0.0363. The molecule has 3 aromatic rings. The number of aryl methyl sites for hydroxylation is 1. The van der Waals surface area contributed by atoms with Gasteiger partial charge in [-0.3, -0.25) is 9.48 Å². The number of benzene rings is 1. The minimum absolute atomic E-state index is 0.0363. The van der Waals surface area contributed by atoms with Crippen molar-refractivity contribution in [3.63, 3.8) is 0 Å². The van der Waals surface area contributed by atoms with Crippen LogP contribution in [0.25, 0.3) is 5.69 Å². The number of carbonyl (C=O) groups is 1. The van der Waals surface area contributed by atoms with E-state index in [2.05, 4.69) is 10.2 Å².